The maximum atomic E-state index is 4.93. The first kappa shape index (κ1) is 20.6. The Hall–Kier alpha value is -1.67. The molecule has 1 aromatic carbocycles. The van der Waals surface area contributed by atoms with Crippen LogP contribution in [0.15, 0.2) is 42.9 Å². The van der Waals surface area contributed by atoms with Crippen molar-refractivity contribution in [2.24, 2.45) is 0 Å². The number of nitrogens with one attached hydrogen (secondary N) is 1. The molecule has 3 aromatic rings. The Balaban J connectivity index is 1.69. The van der Waals surface area contributed by atoms with Gasteiger partial charge in [0.05, 0.1) is 0 Å². The topological polar surface area (TPSA) is 45.5 Å². The van der Waals surface area contributed by atoms with Crippen LogP contribution in [0.1, 0.15) is 39.2 Å². The van der Waals surface area contributed by atoms with Gasteiger partial charge in [0.2, 0.25) is 0 Å². The van der Waals surface area contributed by atoms with Crippen molar-refractivity contribution in [3.8, 4) is 11.3 Å². The SMILES string of the molecule is CCC(C)(C)Nc1c(-c2cccc(CN3CCC[I-]CC3)c2)nc2cnccn12. The summed E-state index contributed by atoms with van der Waals surface area (Å²) in [5.41, 5.74) is 4.41. The molecule has 0 unspecified atom stereocenters. The number of alkyl halides is 2. The number of benzene rings is 1. The number of hydrogen-bond donors (Lipinski definition) is 1. The zero-order valence-electron chi connectivity index (χ0n) is 17.7. The third-order valence-electron chi connectivity index (χ3n) is 5.65. The molecule has 1 fully saturated rings. The third kappa shape index (κ3) is 4.91. The molecular weight excluding hydrogens is 473 g/mol. The van der Waals surface area contributed by atoms with E-state index in [1.807, 2.05) is 18.6 Å². The molecule has 1 N–H and O–H groups in total. The fourth-order valence-corrected chi connectivity index (χ4v) is 6.08. The fraction of sp³-hybridized carbons (Fsp3) is 0.478. The van der Waals surface area contributed by atoms with Gasteiger partial charge in [-0.2, -0.15) is 0 Å². The van der Waals surface area contributed by atoms with E-state index < -0.39 is 0 Å². The van der Waals surface area contributed by atoms with Crippen molar-refractivity contribution in [3.63, 3.8) is 0 Å². The first-order valence-corrected chi connectivity index (χ1v) is 13.6. The fourth-order valence-electron chi connectivity index (χ4n) is 3.63. The molecule has 4 rings (SSSR count). The Morgan fingerprint density at radius 2 is 2.10 bits per heavy atom. The predicted octanol–water partition coefficient (Wildman–Crippen LogP) is 1.29. The summed E-state index contributed by atoms with van der Waals surface area (Å²) in [6.45, 7) is 10.2. The van der Waals surface area contributed by atoms with Gasteiger partial charge in [-0.05, 0) is 0 Å². The van der Waals surface area contributed by atoms with Crippen LogP contribution in [0.25, 0.3) is 16.9 Å². The van der Waals surface area contributed by atoms with Gasteiger partial charge in [-0.3, -0.25) is 0 Å². The summed E-state index contributed by atoms with van der Waals surface area (Å²) >= 11 is 0.440. The van der Waals surface area contributed by atoms with E-state index in [-0.39, 0.29) is 5.54 Å². The number of anilines is 1. The number of fused-ring (bicyclic) bond motifs is 1. The zero-order chi connectivity index (χ0) is 20.3. The van der Waals surface area contributed by atoms with Crippen LogP contribution in [0.5, 0.6) is 0 Å². The van der Waals surface area contributed by atoms with Gasteiger partial charge >= 0.3 is 178 Å². The van der Waals surface area contributed by atoms with Crippen LogP contribution < -0.4 is 26.5 Å². The van der Waals surface area contributed by atoms with Crippen molar-refractivity contribution in [3.05, 3.63) is 48.4 Å². The summed E-state index contributed by atoms with van der Waals surface area (Å²) in [6.07, 6.45) is 8.04. The monoisotopic (exact) mass is 504 g/mol. The Labute approximate surface area is 184 Å². The van der Waals surface area contributed by atoms with Crippen LogP contribution >= 0.6 is 0 Å². The number of halogens is 1. The second kappa shape index (κ2) is 9.00. The van der Waals surface area contributed by atoms with Crippen LogP contribution in [0.4, 0.5) is 5.82 Å². The van der Waals surface area contributed by atoms with E-state index in [1.165, 1.54) is 39.5 Å². The number of rotatable bonds is 6. The molecule has 156 valence electrons. The van der Waals surface area contributed by atoms with E-state index in [0.29, 0.717) is 21.2 Å². The van der Waals surface area contributed by atoms with Gasteiger partial charge in [-0.1, -0.05) is 6.92 Å². The molecule has 1 aliphatic rings. The summed E-state index contributed by atoms with van der Waals surface area (Å²) in [5.74, 6) is 1.05. The van der Waals surface area contributed by atoms with E-state index in [2.05, 4.69) is 64.6 Å². The van der Waals surface area contributed by atoms with Crippen LogP contribution in [0.2, 0.25) is 0 Å². The van der Waals surface area contributed by atoms with Crippen LogP contribution in [-0.2, 0) is 6.54 Å². The molecule has 1 aliphatic heterocycles. The van der Waals surface area contributed by atoms with E-state index in [4.69, 9.17) is 4.98 Å². The molecular formula is C23H31IN5-. The molecule has 6 heteroatoms. The molecule has 0 radical (unpaired) electrons. The standard InChI is InChI=1S/C23H31IN5/c1-4-23(2,3)27-22-21(26-20-16-25-11-14-29(20)22)19-8-5-7-18(15-19)17-28-12-6-9-24-10-13-28/h5,7-8,11,14-16,27H,4,6,9-10,12-13,17H2,1-3H3/q-1. The summed E-state index contributed by atoms with van der Waals surface area (Å²) in [4.78, 5) is 11.8. The van der Waals surface area contributed by atoms with Crippen LogP contribution in [0, 0.1) is 0 Å². The Bertz CT molecular complexity index is 957. The van der Waals surface area contributed by atoms with Crippen molar-refractivity contribution in [2.45, 2.75) is 45.7 Å². The molecule has 0 amide bonds. The van der Waals surface area contributed by atoms with Gasteiger partial charge in [-0.25, -0.2) is 0 Å². The molecule has 0 atom stereocenters. The number of hydrogen-bond acceptors (Lipinski definition) is 4. The minimum atomic E-state index is -0.0132. The number of aromatic nitrogens is 3. The summed E-state index contributed by atoms with van der Waals surface area (Å²) in [6, 6.07) is 8.92. The zero-order valence-corrected chi connectivity index (χ0v) is 19.8. The molecule has 29 heavy (non-hydrogen) atoms. The minimum absolute atomic E-state index is 0.0132. The number of nitrogens with zero attached hydrogens (tertiary/aromatic N) is 4. The molecule has 1 saturated heterocycles. The Kier molecular flexibility index (Phi) is 6.39. The molecule has 0 aliphatic carbocycles. The van der Waals surface area contributed by atoms with Crippen LogP contribution in [-0.4, -0.2) is 46.8 Å². The summed E-state index contributed by atoms with van der Waals surface area (Å²) in [5, 5.41) is 3.73. The molecule has 5 nitrogen and oxygen atoms in total. The first-order valence-electron chi connectivity index (χ1n) is 10.5. The first-order chi connectivity index (χ1) is 14.1. The molecule has 2 aromatic heterocycles. The third-order valence-corrected chi connectivity index (χ3v) is 8.42. The Morgan fingerprint density at radius 1 is 1.21 bits per heavy atom. The van der Waals surface area contributed by atoms with E-state index >= 15 is 0 Å². The maximum absolute atomic E-state index is 4.93. The van der Waals surface area contributed by atoms with Gasteiger partial charge < -0.3 is 0 Å². The van der Waals surface area contributed by atoms with E-state index in [0.717, 1.165) is 30.1 Å². The quantitative estimate of drug-likeness (QED) is 0.406. The van der Waals surface area contributed by atoms with E-state index in [1.54, 1.807) is 0 Å². The normalized spacial score (nSPS) is 16.4. The molecule has 0 bridgehead atoms. The van der Waals surface area contributed by atoms with Crippen LogP contribution in [0.3, 0.4) is 0 Å². The molecule has 0 saturated carbocycles. The molecule has 0 spiro atoms. The van der Waals surface area contributed by atoms with Crippen molar-refractivity contribution >= 4 is 11.5 Å². The van der Waals surface area contributed by atoms with Crippen molar-refractivity contribution < 1.29 is 21.2 Å². The molecule has 3 heterocycles. The average molecular weight is 504 g/mol. The van der Waals surface area contributed by atoms with Crippen molar-refractivity contribution in [2.75, 3.05) is 27.3 Å². The summed E-state index contributed by atoms with van der Waals surface area (Å²) in [7, 11) is 0. The van der Waals surface area contributed by atoms with Crippen molar-refractivity contribution in [1.82, 2.24) is 19.3 Å². The van der Waals surface area contributed by atoms with Gasteiger partial charge in [0.25, 0.3) is 0 Å². The second-order valence-electron chi connectivity index (χ2n) is 8.37. The number of imidazole rings is 1. The summed E-state index contributed by atoms with van der Waals surface area (Å²) < 4.78 is 5.02. The van der Waals surface area contributed by atoms with E-state index in [9.17, 15) is 0 Å². The van der Waals surface area contributed by atoms with Gasteiger partial charge in [0.15, 0.2) is 0 Å². The Morgan fingerprint density at radius 3 is 2.97 bits per heavy atom. The van der Waals surface area contributed by atoms with Gasteiger partial charge in [0.1, 0.15) is 0 Å². The van der Waals surface area contributed by atoms with Crippen molar-refractivity contribution in [1.29, 1.82) is 0 Å². The average Bonchev–Trinajstić information content (AvgIpc) is 2.88. The van der Waals surface area contributed by atoms with Gasteiger partial charge in [0, 0.05) is 0 Å². The predicted molar refractivity (Wildman–Crippen MR) is 116 cm³/mol. The second-order valence-corrected chi connectivity index (χ2v) is 11.6. The van der Waals surface area contributed by atoms with Gasteiger partial charge in [-0.15, -0.1) is 0 Å².